The van der Waals surface area contributed by atoms with Crippen molar-refractivity contribution in [2.24, 2.45) is 0 Å². The standard InChI is InChI=1S/C16H19NO3/c1-2-20-16(18)15-8-4-3-6-14(15)7-5-9-17-10-12-19-13-11-17/h3-4,6,8H,2,9-13H2,1H3. The third-order valence-corrected chi connectivity index (χ3v) is 3.05. The van der Waals surface area contributed by atoms with Crippen molar-refractivity contribution in [1.29, 1.82) is 0 Å². The normalized spacial score (nSPS) is 15.2. The summed E-state index contributed by atoms with van der Waals surface area (Å²) in [6, 6.07) is 7.29. The van der Waals surface area contributed by atoms with E-state index in [0.29, 0.717) is 18.7 Å². The fourth-order valence-electron chi connectivity index (χ4n) is 1.98. The zero-order chi connectivity index (χ0) is 14.2. The molecule has 0 aliphatic carbocycles. The third kappa shape index (κ3) is 4.09. The predicted molar refractivity (Wildman–Crippen MR) is 76.5 cm³/mol. The number of nitrogens with zero attached hydrogens (tertiary/aromatic N) is 1. The summed E-state index contributed by atoms with van der Waals surface area (Å²) in [5, 5.41) is 0. The van der Waals surface area contributed by atoms with Gasteiger partial charge in [-0.25, -0.2) is 4.79 Å². The van der Waals surface area contributed by atoms with E-state index in [4.69, 9.17) is 9.47 Å². The van der Waals surface area contributed by atoms with Gasteiger partial charge in [-0.15, -0.1) is 0 Å². The fourth-order valence-corrected chi connectivity index (χ4v) is 1.98. The SMILES string of the molecule is CCOC(=O)c1ccccc1C#CCN1CCOCC1. The van der Waals surface area contributed by atoms with Crippen molar-refractivity contribution in [3.8, 4) is 11.8 Å². The summed E-state index contributed by atoms with van der Waals surface area (Å²) in [6.45, 7) is 6.21. The Balaban J connectivity index is 2.03. The summed E-state index contributed by atoms with van der Waals surface area (Å²) < 4.78 is 10.3. The maximum absolute atomic E-state index is 11.8. The number of ether oxygens (including phenoxy) is 2. The lowest BCUT2D eigenvalue weighted by atomic mass is 10.1. The van der Waals surface area contributed by atoms with E-state index < -0.39 is 0 Å². The average molecular weight is 273 g/mol. The molecule has 0 amide bonds. The topological polar surface area (TPSA) is 38.8 Å². The second-order valence-electron chi connectivity index (χ2n) is 4.46. The number of hydrogen-bond acceptors (Lipinski definition) is 4. The Kier molecular flexibility index (Phi) is 5.60. The van der Waals surface area contributed by atoms with E-state index in [0.717, 1.165) is 31.9 Å². The Labute approximate surface area is 119 Å². The molecule has 2 rings (SSSR count). The quantitative estimate of drug-likeness (QED) is 0.618. The first kappa shape index (κ1) is 14.6. The highest BCUT2D eigenvalue weighted by Gasteiger charge is 2.10. The van der Waals surface area contributed by atoms with Crippen LogP contribution in [0, 0.1) is 11.8 Å². The summed E-state index contributed by atoms with van der Waals surface area (Å²) >= 11 is 0. The smallest absolute Gasteiger partial charge is 0.339 e. The molecule has 20 heavy (non-hydrogen) atoms. The Morgan fingerprint density at radius 1 is 1.35 bits per heavy atom. The Morgan fingerprint density at radius 3 is 2.85 bits per heavy atom. The number of carbonyl (C=O) groups is 1. The molecule has 0 unspecified atom stereocenters. The number of esters is 1. The minimum atomic E-state index is -0.316. The van der Waals surface area contributed by atoms with Crippen LogP contribution in [0.1, 0.15) is 22.8 Å². The number of carbonyl (C=O) groups excluding carboxylic acids is 1. The first-order chi connectivity index (χ1) is 9.81. The van der Waals surface area contributed by atoms with Gasteiger partial charge in [-0.2, -0.15) is 0 Å². The van der Waals surface area contributed by atoms with Crippen LogP contribution >= 0.6 is 0 Å². The molecule has 1 aromatic carbocycles. The zero-order valence-electron chi connectivity index (χ0n) is 11.7. The molecule has 1 fully saturated rings. The van der Waals surface area contributed by atoms with Crippen molar-refractivity contribution in [3.05, 3.63) is 35.4 Å². The van der Waals surface area contributed by atoms with E-state index in [2.05, 4.69) is 16.7 Å². The van der Waals surface area contributed by atoms with Crippen LogP contribution < -0.4 is 0 Å². The summed E-state index contributed by atoms with van der Waals surface area (Å²) in [5.41, 5.74) is 1.25. The van der Waals surface area contributed by atoms with Crippen molar-refractivity contribution in [1.82, 2.24) is 4.90 Å². The second kappa shape index (κ2) is 7.68. The van der Waals surface area contributed by atoms with Gasteiger partial charge >= 0.3 is 5.97 Å². The Hall–Kier alpha value is -1.83. The molecule has 1 heterocycles. The lowest BCUT2D eigenvalue weighted by molar-refractivity contribution is 0.0443. The van der Waals surface area contributed by atoms with Crippen LogP contribution in [-0.4, -0.2) is 50.3 Å². The van der Waals surface area contributed by atoms with Gasteiger partial charge in [-0.05, 0) is 19.1 Å². The van der Waals surface area contributed by atoms with Gasteiger partial charge in [-0.1, -0.05) is 24.0 Å². The van der Waals surface area contributed by atoms with Gasteiger partial charge in [0.2, 0.25) is 0 Å². The molecule has 4 nitrogen and oxygen atoms in total. The molecule has 106 valence electrons. The maximum atomic E-state index is 11.8. The summed E-state index contributed by atoms with van der Waals surface area (Å²) in [7, 11) is 0. The molecule has 1 aromatic rings. The van der Waals surface area contributed by atoms with Gasteiger partial charge in [0.1, 0.15) is 0 Å². The Bertz CT molecular complexity index is 510. The van der Waals surface area contributed by atoms with Crippen LogP contribution in [0.25, 0.3) is 0 Å². The van der Waals surface area contributed by atoms with Crippen molar-refractivity contribution in [3.63, 3.8) is 0 Å². The van der Waals surface area contributed by atoms with Crippen molar-refractivity contribution in [2.75, 3.05) is 39.5 Å². The molecule has 0 aromatic heterocycles. The summed E-state index contributed by atoms with van der Waals surface area (Å²) in [6.07, 6.45) is 0. The third-order valence-electron chi connectivity index (χ3n) is 3.05. The van der Waals surface area contributed by atoms with E-state index in [1.54, 1.807) is 13.0 Å². The minimum Gasteiger partial charge on any atom is -0.462 e. The number of morpholine rings is 1. The number of rotatable bonds is 3. The van der Waals surface area contributed by atoms with Gasteiger partial charge in [0.05, 0.1) is 31.9 Å². The van der Waals surface area contributed by atoms with Crippen molar-refractivity contribution < 1.29 is 14.3 Å². The summed E-state index contributed by atoms with van der Waals surface area (Å²) in [5.74, 6) is 5.87. The minimum absolute atomic E-state index is 0.316. The number of benzene rings is 1. The zero-order valence-corrected chi connectivity index (χ0v) is 11.7. The first-order valence-electron chi connectivity index (χ1n) is 6.86. The highest BCUT2D eigenvalue weighted by Crippen LogP contribution is 2.09. The highest BCUT2D eigenvalue weighted by molar-refractivity contribution is 5.92. The average Bonchev–Trinajstić information content (AvgIpc) is 2.49. The second-order valence-corrected chi connectivity index (χ2v) is 4.46. The molecular formula is C16H19NO3. The monoisotopic (exact) mass is 273 g/mol. The molecule has 1 aliphatic heterocycles. The van der Waals surface area contributed by atoms with E-state index in [1.807, 2.05) is 18.2 Å². The van der Waals surface area contributed by atoms with E-state index in [-0.39, 0.29) is 5.97 Å². The molecule has 1 saturated heterocycles. The van der Waals surface area contributed by atoms with Gasteiger partial charge in [0.15, 0.2) is 0 Å². The van der Waals surface area contributed by atoms with E-state index in [1.165, 1.54) is 0 Å². The Morgan fingerprint density at radius 2 is 2.10 bits per heavy atom. The molecule has 1 aliphatic rings. The van der Waals surface area contributed by atoms with Gasteiger partial charge in [-0.3, -0.25) is 4.90 Å². The van der Waals surface area contributed by atoms with Gasteiger partial charge in [0.25, 0.3) is 0 Å². The van der Waals surface area contributed by atoms with Crippen LogP contribution in [0.15, 0.2) is 24.3 Å². The van der Waals surface area contributed by atoms with Crippen LogP contribution in [0.4, 0.5) is 0 Å². The van der Waals surface area contributed by atoms with Crippen LogP contribution in [0.5, 0.6) is 0 Å². The van der Waals surface area contributed by atoms with Crippen LogP contribution in [0.2, 0.25) is 0 Å². The summed E-state index contributed by atoms with van der Waals surface area (Å²) in [4.78, 5) is 14.1. The molecule has 0 atom stereocenters. The molecule has 0 saturated carbocycles. The van der Waals surface area contributed by atoms with Crippen LogP contribution in [-0.2, 0) is 9.47 Å². The predicted octanol–water partition coefficient (Wildman–Crippen LogP) is 1.55. The van der Waals surface area contributed by atoms with Crippen molar-refractivity contribution in [2.45, 2.75) is 6.92 Å². The fraction of sp³-hybridized carbons (Fsp3) is 0.438. The highest BCUT2D eigenvalue weighted by atomic mass is 16.5. The lowest BCUT2D eigenvalue weighted by Gasteiger charge is -2.24. The molecule has 0 radical (unpaired) electrons. The molecule has 0 N–H and O–H groups in total. The maximum Gasteiger partial charge on any atom is 0.339 e. The molecule has 4 heteroatoms. The van der Waals surface area contributed by atoms with Gasteiger partial charge < -0.3 is 9.47 Å². The largest absolute Gasteiger partial charge is 0.462 e. The lowest BCUT2D eigenvalue weighted by Crippen LogP contribution is -2.36. The number of hydrogen-bond donors (Lipinski definition) is 0. The molecule has 0 bridgehead atoms. The molecular weight excluding hydrogens is 254 g/mol. The van der Waals surface area contributed by atoms with E-state index >= 15 is 0 Å². The molecule has 0 spiro atoms. The first-order valence-corrected chi connectivity index (χ1v) is 6.86. The van der Waals surface area contributed by atoms with E-state index in [9.17, 15) is 4.79 Å². The van der Waals surface area contributed by atoms with Crippen LogP contribution in [0.3, 0.4) is 0 Å². The van der Waals surface area contributed by atoms with Crippen molar-refractivity contribution >= 4 is 5.97 Å². The van der Waals surface area contributed by atoms with Gasteiger partial charge in [0, 0.05) is 18.7 Å².